The number of para-hydroxylation sites is 1. The quantitative estimate of drug-likeness (QED) is 0.427. The highest BCUT2D eigenvalue weighted by atomic mass is 14.9. The molecule has 0 saturated heterocycles. The third-order valence-electron chi connectivity index (χ3n) is 4.51. The lowest BCUT2D eigenvalue weighted by Gasteiger charge is -2.18. The number of rotatable bonds is 5. The molecule has 0 aliphatic heterocycles. The van der Waals surface area contributed by atoms with Gasteiger partial charge < -0.3 is 5.32 Å². The van der Waals surface area contributed by atoms with Crippen molar-refractivity contribution in [2.45, 2.75) is 6.04 Å². The number of anilines is 1. The highest BCUT2D eigenvalue weighted by Gasteiger charge is 2.09. The van der Waals surface area contributed by atoms with Crippen LogP contribution in [-0.4, -0.2) is 0 Å². The Bertz CT molecular complexity index is 1000. The average Bonchev–Trinajstić information content (AvgIpc) is 2.72. The van der Waals surface area contributed by atoms with E-state index >= 15 is 0 Å². The number of hydrogen-bond donors (Lipinski definition) is 1. The first-order valence-electron chi connectivity index (χ1n) is 8.92. The lowest BCUT2D eigenvalue weighted by Crippen LogP contribution is -2.08. The summed E-state index contributed by atoms with van der Waals surface area (Å²) in [4.78, 5) is 0. The number of nitrogens with one attached hydrogen (secondary N) is 1. The molecule has 1 heteroatoms. The van der Waals surface area contributed by atoms with Crippen LogP contribution in [0.15, 0.2) is 109 Å². The van der Waals surface area contributed by atoms with Gasteiger partial charge in [0.1, 0.15) is 0 Å². The van der Waals surface area contributed by atoms with Gasteiger partial charge in [0, 0.05) is 5.69 Å². The molecule has 1 unspecified atom stereocenters. The van der Waals surface area contributed by atoms with E-state index in [-0.39, 0.29) is 6.04 Å². The maximum atomic E-state index is 3.64. The van der Waals surface area contributed by atoms with Crippen LogP contribution >= 0.6 is 0 Å². The van der Waals surface area contributed by atoms with Gasteiger partial charge in [-0.2, -0.15) is 0 Å². The highest BCUT2D eigenvalue weighted by molar-refractivity contribution is 5.83. The SMILES string of the molecule is C(=CC(Nc1ccccc1)c1ccc2ccccc2c1)c1ccccc1. The zero-order valence-corrected chi connectivity index (χ0v) is 14.5. The molecule has 0 radical (unpaired) electrons. The molecule has 0 spiro atoms. The predicted octanol–water partition coefficient (Wildman–Crippen LogP) is 6.71. The van der Waals surface area contributed by atoms with Crippen LogP contribution in [0.4, 0.5) is 5.69 Å². The second kappa shape index (κ2) is 7.71. The minimum atomic E-state index is 0.0993. The van der Waals surface area contributed by atoms with Gasteiger partial charge >= 0.3 is 0 Å². The summed E-state index contributed by atoms with van der Waals surface area (Å²) in [6.07, 6.45) is 4.40. The van der Waals surface area contributed by atoms with Crippen molar-refractivity contribution in [1.82, 2.24) is 0 Å². The third-order valence-corrected chi connectivity index (χ3v) is 4.51. The standard InChI is InChI=1S/C25H21N/c1-3-9-20(10-4-1)15-18-25(26-24-13-5-2-6-14-24)23-17-16-21-11-7-8-12-22(21)19-23/h1-19,25-26H. The Kier molecular flexibility index (Phi) is 4.79. The zero-order valence-electron chi connectivity index (χ0n) is 14.5. The topological polar surface area (TPSA) is 12.0 Å². The number of benzene rings is 4. The molecule has 0 fully saturated rings. The second-order valence-electron chi connectivity index (χ2n) is 6.36. The van der Waals surface area contributed by atoms with E-state index in [0.29, 0.717) is 0 Å². The van der Waals surface area contributed by atoms with Crippen molar-refractivity contribution in [1.29, 1.82) is 0 Å². The van der Waals surface area contributed by atoms with Gasteiger partial charge in [-0.15, -0.1) is 0 Å². The molecule has 0 aromatic heterocycles. The third kappa shape index (κ3) is 3.84. The Morgan fingerprint density at radius 1 is 0.615 bits per heavy atom. The monoisotopic (exact) mass is 335 g/mol. The van der Waals surface area contributed by atoms with E-state index in [1.807, 2.05) is 12.1 Å². The van der Waals surface area contributed by atoms with Crippen LogP contribution in [0.2, 0.25) is 0 Å². The van der Waals surface area contributed by atoms with Crippen LogP contribution in [0.3, 0.4) is 0 Å². The molecule has 126 valence electrons. The van der Waals surface area contributed by atoms with Crippen LogP contribution in [-0.2, 0) is 0 Å². The Labute approximate surface area is 154 Å². The molecule has 4 aromatic rings. The first-order valence-corrected chi connectivity index (χ1v) is 8.92. The predicted molar refractivity (Wildman–Crippen MR) is 112 cm³/mol. The van der Waals surface area contributed by atoms with Crippen LogP contribution in [0, 0.1) is 0 Å². The van der Waals surface area contributed by atoms with Crippen LogP contribution in [0.1, 0.15) is 17.2 Å². The van der Waals surface area contributed by atoms with Crippen molar-refractivity contribution < 1.29 is 0 Å². The Morgan fingerprint density at radius 2 is 1.27 bits per heavy atom. The molecule has 1 nitrogen and oxygen atoms in total. The van der Waals surface area contributed by atoms with Crippen molar-refractivity contribution in [2.24, 2.45) is 0 Å². The lowest BCUT2D eigenvalue weighted by atomic mass is 10.0. The summed E-state index contributed by atoms with van der Waals surface area (Å²) < 4.78 is 0. The van der Waals surface area contributed by atoms with Gasteiger partial charge in [-0.25, -0.2) is 0 Å². The van der Waals surface area contributed by atoms with E-state index in [2.05, 4.69) is 108 Å². The fraction of sp³-hybridized carbons (Fsp3) is 0.0400. The number of fused-ring (bicyclic) bond motifs is 1. The molecule has 26 heavy (non-hydrogen) atoms. The fourth-order valence-corrected chi connectivity index (χ4v) is 3.13. The molecule has 4 rings (SSSR count). The van der Waals surface area contributed by atoms with Gasteiger partial charge in [-0.05, 0) is 40.1 Å². The van der Waals surface area contributed by atoms with E-state index in [9.17, 15) is 0 Å². The zero-order chi connectivity index (χ0) is 17.6. The van der Waals surface area contributed by atoms with Crippen LogP contribution in [0.5, 0.6) is 0 Å². The van der Waals surface area contributed by atoms with E-state index in [1.54, 1.807) is 0 Å². The molecular weight excluding hydrogens is 314 g/mol. The summed E-state index contributed by atoms with van der Waals surface area (Å²) in [5.41, 5.74) is 3.57. The van der Waals surface area contributed by atoms with Gasteiger partial charge in [0.2, 0.25) is 0 Å². The molecule has 1 N–H and O–H groups in total. The summed E-state index contributed by atoms with van der Waals surface area (Å²) >= 11 is 0. The smallest absolute Gasteiger partial charge is 0.0701 e. The van der Waals surface area contributed by atoms with E-state index in [4.69, 9.17) is 0 Å². The molecule has 0 aliphatic rings. The first kappa shape index (κ1) is 16.2. The highest BCUT2D eigenvalue weighted by Crippen LogP contribution is 2.25. The van der Waals surface area contributed by atoms with E-state index in [1.165, 1.54) is 21.9 Å². The maximum absolute atomic E-state index is 3.64. The Balaban J connectivity index is 1.69. The van der Waals surface area contributed by atoms with Crippen LogP contribution in [0.25, 0.3) is 16.8 Å². The molecule has 0 saturated carbocycles. The fourth-order valence-electron chi connectivity index (χ4n) is 3.13. The Hall–Kier alpha value is -3.32. The molecule has 1 atom stereocenters. The maximum Gasteiger partial charge on any atom is 0.0701 e. The van der Waals surface area contributed by atoms with Crippen molar-refractivity contribution in [3.63, 3.8) is 0 Å². The molecular formula is C25H21N. The van der Waals surface area contributed by atoms with E-state index in [0.717, 1.165) is 5.69 Å². The van der Waals surface area contributed by atoms with Crippen LogP contribution < -0.4 is 5.32 Å². The molecule has 0 amide bonds. The number of hydrogen-bond acceptors (Lipinski definition) is 1. The Morgan fingerprint density at radius 3 is 2.04 bits per heavy atom. The van der Waals surface area contributed by atoms with Crippen molar-refractivity contribution in [3.8, 4) is 0 Å². The van der Waals surface area contributed by atoms with Gasteiger partial charge in [0.15, 0.2) is 0 Å². The summed E-state index contributed by atoms with van der Waals surface area (Å²) in [5, 5.41) is 6.17. The summed E-state index contributed by atoms with van der Waals surface area (Å²) in [7, 11) is 0. The van der Waals surface area contributed by atoms with Gasteiger partial charge in [0.25, 0.3) is 0 Å². The second-order valence-corrected chi connectivity index (χ2v) is 6.36. The van der Waals surface area contributed by atoms with Gasteiger partial charge in [-0.1, -0.05) is 97.1 Å². The largest absolute Gasteiger partial charge is 0.375 e. The van der Waals surface area contributed by atoms with Crippen molar-refractivity contribution >= 4 is 22.5 Å². The van der Waals surface area contributed by atoms with Gasteiger partial charge in [-0.3, -0.25) is 0 Å². The minimum Gasteiger partial charge on any atom is -0.375 e. The minimum absolute atomic E-state index is 0.0993. The van der Waals surface area contributed by atoms with E-state index < -0.39 is 0 Å². The lowest BCUT2D eigenvalue weighted by molar-refractivity contribution is 0.993. The first-order chi connectivity index (χ1) is 12.9. The summed E-state index contributed by atoms with van der Waals surface area (Å²) in [5.74, 6) is 0. The van der Waals surface area contributed by atoms with Crippen molar-refractivity contribution in [3.05, 3.63) is 120 Å². The normalized spacial score (nSPS) is 12.3. The summed E-state index contributed by atoms with van der Waals surface area (Å²) in [6, 6.07) is 36.0. The van der Waals surface area contributed by atoms with Gasteiger partial charge in [0.05, 0.1) is 6.04 Å². The molecule has 0 heterocycles. The molecule has 0 aliphatic carbocycles. The summed E-state index contributed by atoms with van der Waals surface area (Å²) in [6.45, 7) is 0. The molecule has 0 bridgehead atoms. The molecule has 4 aromatic carbocycles. The average molecular weight is 335 g/mol. The van der Waals surface area contributed by atoms with Crippen molar-refractivity contribution in [2.75, 3.05) is 5.32 Å².